The van der Waals surface area contributed by atoms with Gasteiger partial charge >= 0.3 is 0 Å². The summed E-state index contributed by atoms with van der Waals surface area (Å²) in [6.45, 7) is 2.09. The zero-order chi connectivity index (χ0) is 14.9. The van der Waals surface area contributed by atoms with Crippen LogP contribution >= 0.6 is 22.9 Å². The first kappa shape index (κ1) is 14.7. The number of anilines is 1. The molecule has 0 radical (unpaired) electrons. The molecule has 1 fully saturated rings. The number of aromatic nitrogens is 2. The van der Waals surface area contributed by atoms with Crippen LogP contribution in [-0.4, -0.2) is 55.4 Å². The van der Waals surface area contributed by atoms with Gasteiger partial charge < -0.3 is 9.64 Å². The second-order valence-electron chi connectivity index (χ2n) is 4.39. The smallest absolute Gasteiger partial charge is 0.256 e. The van der Waals surface area contributed by atoms with Gasteiger partial charge in [-0.25, -0.2) is 13.4 Å². The van der Waals surface area contributed by atoms with Gasteiger partial charge in [-0.2, -0.15) is 8.68 Å². The molecule has 0 N–H and O–H groups in total. The number of sulfonamides is 1. The molecule has 0 saturated carbocycles. The minimum Gasteiger partial charge on any atom is -0.494 e. The van der Waals surface area contributed by atoms with Gasteiger partial charge in [0.2, 0.25) is 5.13 Å². The molecule has 0 spiro atoms. The SMILES string of the molecule is COc1ccsc1S(=O)(=O)N1CCN(c2ncns2)CC1. The minimum atomic E-state index is -3.49. The van der Waals surface area contributed by atoms with Gasteiger partial charge in [0.1, 0.15) is 12.1 Å². The first-order chi connectivity index (χ1) is 10.1. The van der Waals surface area contributed by atoms with Crippen molar-refractivity contribution in [3.05, 3.63) is 17.8 Å². The van der Waals surface area contributed by atoms with Gasteiger partial charge in [-0.15, -0.1) is 11.3 Å². The van der Waals surface area contributed by atoms with E-state index in [4.69, 9.17) is 4.74 Å². The van der Waals surface area contributed by atoms with Crippen LogP contribution in [0.5, 0.6) is 5.75 Å². The summed E-state index contributed by atoms with van der Waals surface area (Å²) in [5.41, 5.74) is 0. The zero-order valence-electron chi connectivity index (χ0n) is 11.3. The lowest BCUT2D eigenvalue weighted by molar-refractivity contribution is 0.377. The fourth-order valence-corrected chi connectivity index (χ4v) is 5.58. The van der Waals surface area contributed by atoms with Crippen molar-refractivity contribution < 1.29 is 13.2 Å². The van der Waals surface area contributed by atoms with E-state index >= 15 is 0 Å². The quantitative estimate of drug-likeness (QED) is 0.826. The van der Waals surface area contributed by atoms with E-state index in [-0.39, 0.29) is 4.21 Å². The number of rotatable bonds is 4. The Morgan fingerprint density at radius 3 is 2.67 bits per heavy atom. The summed E-state index contributed by atoms with van der Waals surface area (Å²) in [6, 6.07) is 1.68. The highest BCUT2D eigenvalue weighted by Crippen LogP contribution is 2.32. The van der Waals surface area contributed by atoms with Gasteiger partial charge in [0.25, 0.3) is 10.0 Å². The third-order valence-electron chi connectivity index (χ3n) is 3.25. The van der Waals surface area contributed by atoms with Gasteiger partial charge in [-0.3, -0.25) is 0 Å². The van der Waals surface area contributed by atoms with E-state index in [0.29, 0.717) is 31.9 Å². The number of ether oxygens (including phenoxy) is 1. The molecule has 0 aliphatic carbocycles. The first-order valence-corrected chi connectivity index (χ1v) is 9.35. The Labute approximate surface area is 131 Å². The number of methoxy groups -OCH3 is 1. The van der Waals surface area contributed by atoms with Crippen LogP contribution in [0.15, 0.2) is 22.0 Å². The fourth-order valence-electron chi connectivity index (χ4n) is 2.17. The lowest BCUT2D eigenvalue weighted by atomic mass is 10.4. The Kier molecular flexibility index (Phi) is 4.11. The van der Waals surface area contributed by atoms with Crippen molar-refractivity contribution in [3.8, 4) is 5.75 Å². The zero-order valence-corrected chi connectivity index (χ0v) is 13.7. The Balaban J connectivity index is 1.74. The van der Waals surface area contributed by atoms with Gasteiger partial charge in [-0.05, 0) is 11.4 Å². The average Bonchev–Trinajstić information content (AvgIpc) is 3.18. The summed E-state index contributed by atoms with van der Waals surface area (Å²) in [4.78, 5) is 6.20. The molecule has 2 aromatic heterocycles. The standard InChI is InChI=1S/C11H14N4O3S3/c1-18-9-2-7-19-10(9)21(16,17)15-5-3-14(4-6-15)11-12-8-13-20-11/h2,7-8H,3-6H2,1H3. The molecule has 7 nitrogen and oxygen atoms in total. The summed E-state index contributed by atoms with van der Waals surface area (Å²) in [7, 11) is -2.01. The number of hydrogen-bond acceptors (Lipinski definition) is 8. The molecule has 21 heavy (non-hydrogen) atoms. The minimum absolute atomic E-state index is 0.273. The highest BCUT2D eigenvalue weighted by molar-refractivity contribution is 7.91. The predicted molar refractivity (Wildman–Crippen MR) is 81.8 cm³/mol. The molecule has 0 unspecified atom stereocenters. The van der Waals surface area contributed by atoms with E-state index < -0.39 is 10.0 Å². The summed E-state index contributed by atoms with van der Waals surface area (Å²) >= 11 is 2.51. The van der Waals surface area contributed by atoms with Crippen LogP contribution in [0.2, 0.25) is 0 Å². The molecule has 2 aromatic rings. The lowest BCUT2D eigenvalue weighted by Gasteiger charge is -2.33. The Morgan fingerprint density at radius 2 is 2.05 bits per heavy atom. The monoisotopic (exact) mass is 346 g/mol. The van der Waals surface area contributed by atoms with Crippen molar-refractivity contribution in [3.63, 3.8) is 0 Å². The van der Waals surface area contributed by atoms with Crippen LogP contribution in [0.4, 0.5) is 5.13 Å². The second kappa shape index (κ2) is 5.87. The van der Waals surface area contributed by atoms with Crippen LogP contribution < -0.4 is 9.64 Å². The summed E-state index contributed by atoms with van der Waals surface area (Å²) in [6.07, 6.45) is 1.51. The van der Waals surface area contributed by atoms with Crippen molar-refractivity contribution in [2.24, 2.45) is 0 Å². The predicted octanol–water partition coefficient (Wildman–Crippen LogP) is 1.12. The topological polar surface area (TPSA) is 75.6 Å². The van der Waals surface area contributed by atoms with Crippen molar-refractivity contribution in [1.82, 2.24) is 13.7 Å². The first-order valence-electron chi connectivity index (χ1n) is 6.26. The maximum atomic E-state index is 12.6. The van der Waals surface area contributed by atoms with E-state index in [1.165, 1.54) is 40.6 Å². The maximum Gasteiger partial charge on any atom is 0.256 e. The molecule has 114 valence electrons. The highest BCUT2D eigenvalue weighted by atomic mass is 32.2. The normalized spacial score (nSPS) is 17.1. The molecule has 0 bridgehead atoms. The third kappa shape index (κ3) is 2.76. The van der Waals surface area contributed by atoms with E-state index in [1.807, 2.05) is 0 Å². The van der Waals surface area contributed by atoms with E-state index in [9.17, 15) is 8.42 Å². The van der Waals surface area contributed by atoms with E-state index in [2.05, 4.69) is 14.3 Å². The molecule has 1 aliphatic heterocycles. The van der Waals surface area contributed by atoms with Crippen LogP contribution in [-0.2, 0) is 10.0 Å². The van der Waals surface area contributed by atoms with Crippen molar-refractivity contribution in [2.75, 3.05) is 38.2 Å². The molecular weight excluding hydrogens is 332 g/mol. The van der Waals surface area contributed by atoms with Crippen LogP contribution in [0, 0.1) is 0 Å². The average molecular weight is 346 g/mol. The molecule has 1 aliphatic rings. The summed E-state index contributed by atoms with van der Waals surface area (Å²) < 4.78 is 36.1. The van der Waals surface area contributed by atoms with Gasteiger partial charge in [0.15, 0.2) is 4.21 Å². The largest absolute Gasteiger partial charge is 0.494 e. The molecule has 0 aromatic carbocycles. The van der Waals surface area contributed by atoms with Crippen LogP contribution in [0.3, 0.4) is 0 Å². The molecular formula is C11H14N4O3S3. The molecule has 0 atom stereocenters. The van der Waals surface area contributed by atoms with Crippen molar-refractivity contribution >= 4 is 38.0 Å². The number of hydrogen-bond donors (Lipinski definition) is 0. The Hall–Kier alpha value is -1.23. The van der Waals surface area contributed by atoms with E-state index in [0.717, 1.165) is 5.13 Å². The Bertz CT molecular complexity index is 690. The number of thiophene rings is 1. The molecule has 10 heteroatoms. The van der Waals surface area contributed by atoms with E-state index in [1.54, 1.807) is 11.4 Å². The second-order valence-corrected chi connectivity index (χ2v) is 8.20. The molecule has 3 heterocycles. The van der Waals surface area contributed by atoms with Crippen LogP contribution in [0.1, 0.15) is 0 Å². The van der Waals surface area contributed by atoms with Gasteiger partial charge in [0, 0.05) is 37.7 Å². The highest BCUT2D eigenvalue weighted by Gasteiger charge is 2.32. The van der Waals surface area contributed by atoms with Gasteiger partial charge in [0.05, 0.1) is 7.11 Å². The summed E-state index contributed by atoms with van der Waals surface area (Å²) in [5, 5.41) is 2.56. The summed E-state index contributed by atoms with van der Waals surface area (Å²) in [5.74, 6) is 0.409. The van der Waals surface area contributed by atoms with Crippen molar-refractivity contribution in [1.29, 1.82) is 0 Å². The van der Waals surface area contributed by atoms with Gasteiger partial charge in [-0.1, -0.05) is 0 Å². The number of nitrogens with zero attached hydrogens (tertiary/aromatic N) is 4. The molecule has 1 saturated heterocycles. The number of piperazine rings is 1. The lowest BCUT2D eigenvalue weighted by Crippen LogP contribution is -2.48. The molecule has 0 amide bonds. The third-order valence-corrected chi connectivity index (χ3v) is 7.30. The maximum absolute atomic E-state index is 12.6. The van der Waals surface area contributed by atoms with Crippen LogP contribution in [0.25, 0.3) is 0 Å². The van der Waals surface area contributed by atoms with Crippen molar-refractivity contribution in [2.45, 2.75) is 4.21 Å². The Morgan fingerprint density at radius 1 is 1.29 bits per heavy atom. The molecule has 3 rings (SSSR count). The fraction of sp³-hybridized carbons (Fsp3) is 0.455.